The second-order valence-corrected chi connectivity index (χ2v) is 7.73. The summed E-state index contributed by atoms with van der Waals surface area (Å²) in [7, 11) is 0. The molecular formula is C22H20N2O3S. The van der Waals surface area contributed by atoms with Gasteiger partial charge in [-0.15, -0.1) is 11.3 Å². The summed E-state index contributed by atoms with van der Waals surface area (Å²) in [5.74, 6) is -0.845. The molecule has 1 N–H and O–H groups in total. The van der Waals surface area contributed by atoms with E-state index in [0.29, 0.717) is 0 Å². The summed E-state index contributed by atoms with van der Waals surface area (Å²) in [6.07, 6.45) is 5.89. The van der Waals surface area contributed by atoms with E-state index >= 15 is 0 Å². The van der Waals surface area contributed by atoms with Crippen molar-refractivity contribution in [3.8, 4) is 0 Å². The SMILES string of the molecule is O=C(COC(=O)/C=C/c1nc2ccccc2s1)N[C@H]1CCCc2ccccc21. The number of hydrogen-bond donors (Lipinski definition) is 1. The number of carbonyl (C=O) groups is 2. The number of hydrogen-bond acceptors (Lipinski definition) is 5. The summed E-state index contributed by atoms with van der Waals surface area (Å²) >= 11 is 1.50. The molecule has 0 saturated carbocycles. The molecule has 1 aliphatic carbocycles. The van der Waals surface area contributed by atoms with E-state index in [2.05, 4.69) is 16.4 Å². The molecule has 0 fully saturated rings. The van der Waals surface area contributed by atoms with Crippen molar-refractivity contribution in [1.82, 2.24) is 10.3 Å². The number of benzene rings is 2. The number of nitrogens with zero attached hydrogens (tertiary/aromatic N) is 1. The monoisotopic (exact) mass is 392 g/mol. The third-order valence-corrected chi connectivity index (χ3v) is 5.72. The van der Waals surface area contributed by atoms with Crippen LogP contribution < -0.4 is 5.32 Å². The van der Waals surface area contributed by atoms with Crippen LogP contribution in [0.25, 0.3) is 16.3 Å². The van der Waals surface area contributed by atoms with E-state index in [1.165, 1.54) is 23.0 Å². The minimum atomic E-state index is -0.557. The number of fused-ring (bicyclic) bond motifs is 2. The number of esters is 1. The summed E-state index contributed by atoms with van der Waals surface area (Å²) in [5.41, 5.74) is 3.33. The van der Waals surface area contributed by atoms with Crippen molar-refractivity contribution in [3.05, 3.63) is 70.7 Å². The van der Waals surface area contributed by atoms with Gasteiger partial charge in [0.05, 0.1) is 16.3 Å². The van der Waals surface area contributed by atoms with Crippen LogP contribution in [0.5, 0.6) is 0 Å². The molecular weight excluding hydrogens is 372 g/mol. The zero-order valence-electron chi connectivity index (χ0n) is 15.3. The molecule has 0 saturated heterocycles. The number of para-hydroxylation sites is 1. The molecule has 0 aliphatic heterocycles. The summed E-state index contributed by atoms with van der Waals surface area (Å²) in [5, 5.41) is 3.69. The Morgan fingerprint density at radius 3 is 2.89 bits per heavy atom. The predicted octanol–water partition coefficient (Wildman–Crippen LogP) is 4.05. The van der Waals surface area contributed by atoms with E-state index in [9.17, 15) is 9.59 Å². The summed E-state index contributed by atoms with van der Waals surface area (Å²) in [4.78, 5) is 28.5. The fourth-order valence-corrected chi connectivity index (χ4v) is 4.30. The molecule has 1 amide bonds. The average molecular weight is 392 g/mol. The Bertz CT molecular complexity index is 1010. The first-order chi connectivity index (χ1) is 13.7. The third kappa shape index (κ3) is 4.28. The van der Waals surface area contributed by atoms with Gasteiger partial charge >= 0.3 is 5.97 Å². The summed E-state index contributed by atoms with van der Waals surface area (Å²) in [6.45, 7) is -0.290. The highest BCUT2D eigenvalue weighted by molar-refractivity contribution is 7.19. The first-order valence-corrected chi connectivity index (χ1v) is 10.1. The number of rotatable bonds is 5. The lowest BCUT2D eigenvalue weighted by atomic mass is 9.88. The van der Waals surface area contributed by atoms with Crippen molar-refractivity contribution in [2.45, 2.75) is 25.3 Å². The summed E-state index contributed by atoms with van der Waals surface area (Å²) in [6, 6.07) is 15.9. The van der Waals surface area contributed by atoms with Crippen LogP contribution >= 0.6 is 11.3 Å². The van der Waals surface area contributed by atoms with Crippen LogP contribution in [-0.4, -0.2) is 23.5 Å². The highest BCUT2D eigenvalue weighted by Gasteiger charge is 2.21. The molecule has 6 heteroatoms. The molecule has 1 heterocycles. The fraction of sp³-hybridized carbons (Fsp3) is 0.227. The van der Waals surface area contributed by atoms with E-state index in [1.54, 1.807) is 6.08 Å². The standard InChI is InChI=1S/C22H20N2O3S/c25-20(23-17-10-5-7-15-6-1-2-8-16(15)17)14-27-22(26)13-12-21-24-18-9-3-4-11-19(18)28-21/h1-4,6,8-9,11-13,17H,5,7,10,14H2,(H,23,25)/b13-12+/t17-/m0/s1. The van der Waals surface area contributed by atoms with Crippen LogP contribution in [0.1, 0.15) is 35.0 Å². The number of aromatic nitrogens is 1. The molecule has 0 radical (unpaired) electrons. The molecule has 0 unspecified atom stereocenters. The Balaban J connectivity index is 1.29. The Morgan fingerprint density at radius 1 is 1.18 bits per heavy atom. The molecule has 142 valence electrons. The molecule has 3 aromatic rings. The van der Waals surface area contributed by atoms with Crippen molar-refractivity contribution in [1.29, 1.82) is 0 Å². The minimum Gasteiger partial charge on any atom is -0.452 e. The highest BCUT2D eigenvalue weighted by Crippen LogP contribution is 2.29. The number of aryl methyl sites for hydroxylation is 1. The van der Waals surface area contributed by atoms with Gasteiger partial charge in [-0.3, -0.25) is 4.79 Å². The first kappa shape index (κ1) is 18.4. The molecule has 4 rings (SSSR count). The number of amides is 1. The quantitative estimate of drug-likeness (QED) is 0.525. The van der Waals surface area contributed by atoms with E-state index in [-0.39, 0.29) is 18.6 Å². The van der Waals surface area contributed by atoms with Crippen LogP contribution in [0, 0.1) is 0 Å². The van der Waals surface area contributed by atoms with Gasteiger partial charge in [-0.25, -0.2) is 9.78 Å². The van der Waals surface area contributed by atoms with Crippen molar-refractivity contribution in [2.24, 2.45) is 0 Å². The van der Waals surface area contributed by atoms with Crippen molar-refractivity contribution >= 4 is 39.5 Å². The Morgan fingerprint density at radius 2 is 2.00 bits per heavy atom. The van der Waals surface area contributed by atoms with Gasteiger partial charge < -0.3 is 10.1 Å². The fourth-order valence-electron chi connectivity index (χ4n) is 3.43. The lowest BCUT2D eigenvalue weighted by Gasteiger charge is -2.26. The van der Waals surface area contributed by atoms with Gasteiger partial charge in [0.15, 0.2) is 6.61 Å². The van der Waals surface area contributed by atoms with Gasteiger partial charge in [0.2, 0.25) is 0 Å². The van der Waals surface area contributed by atoms with Gasteiger partial charge in [-0.2, -0.15) is 0 Å². The van der Waals surface area contributed by atoms with Crippen molar-refractivity contribution in [2.75, 3.05) is 6.61 Å². The maximum absolute atomic E-state index is 12.2. The van der Waals surface area contributed by atoms with Gasteiger partial charge in [0.1, 0.15) is 5.01 Å². The minimum absolute atomic E-state index is 0.0190. The topological polar surface area (TPSA) is 68.3 Å². The van der Waals surface area contributed by atoms with Crippen LogP contribution in [0.2, 0.25) is 0 Å². The van der Waals surface area contributed by atoms with Gasteiger partial charge in [0.25, 0.3) is 5.91 Å². The predicted molar refractivity (Wildman–Crippen MR) is 110 cm³/mol. The number of nitrogens with one attached hydrogen (secondary N) is 1. The Kier molecular flexibility index (Phi) is 5.48. The Hall–Kier alpha value is -2.99. The normalized spacial score (nSPS) is 16.1. The molecule has 1 aliphatic rings. The van der Waals surface area contributed by atoms with E-state index in [4.69, 9.17) is 4.74 Å². The van der Waals surface area contributed by atoms with Crippen LogP contribution in [0.3, 0.4) is 0 Å². The Labute approximate surface area is 167 Å². The lowest BCUT2D eigenvalue weighted by molar-refractivity contribution is -0.144. The smallest absolute Gasteiger partial charge is 0.331 e. The van der Waals surface area contributed by atoms with Crippen LogP contribution in [0.15, 0.2) is 54.6 Å². The largest absolute Gasteiger partial charge is 0.452 e. The van der Waals surface area contributed by atoms with Gasteiger partial charge in [-0.1, -0.05) is 36.4 Å². The van der Waals surface area contributed by atoms with Gasteiger partial charge in [0, 0.05) is 6.08 Å². The maximum Gasteiger partial charge on any atom is 0.331 e. The van der Waals surface area contributed by atoms with Gasteiger partial charge in [-0.05, 0) is 48.6 Å². The molecule has 2 aromatic carbocycles. The molecule has 0 spiro atoms. The maximum atomic E-state index is 12.2. The van der Waals surface area contributed by atoms with Crippen molar-refractivity contribution < 1.29 is 14.3 Å². The zero-order chi connectivity index (χ0) is 19.3. The average Bonchev–Trinajstić information content (AvgIpc) is 3.14. The second kappa shape index (κ2) is 8.35. The highest BCUT2D eigenvalue weighted by atomic mass is 32.1. The molecule has 0 bridgehead atoms. The number of carbonyl (C=O) groups excluding carboxylic acids is 2. The third-order valence-electron chi connectivity index (χ3n) is 4.72. The van der Waals surface area contributed by atoms with Crippen LogP contribution in [0.4, 0.5) is 0 Å². The first-order valence-electron chi connectivity index (χ1n) is 9.26. The zero-order valence-corrected chi connectivity index (χ0v) is 16.1. The molecule has 28 heavy (non-hydrogen) atoms. The van der Waals surface area contributed by atoms with Crippen molar-refractivity contribution in [3.63, 3.8) is 0 Å². The second-order valence-electron chi connectivity index (χ2n) is 6.67. The van der Waals surface area contributed by atoms with Crippen LogP contribution in [-0.2, 0) is 20.7 Å². The van der Waals surface area contributed by atoms with E-state index < -0.39 is 5.97 Å². The molecule has 5 nitrogen and oxygen atoms in total. The lowest BCUT2D eigenvalue weighted by Crippen LogP contribution is -2.34. The number of thiazole rings is 1. The van der Waals surface area contributed by atoms with E-state index in [0.717, 1.165) is 40.1 Å². The summed E-state index contributed by atoms with van der Waals surface area (Å²) < 4.78 is 6.13. The molecule has 1 atom stereocenters. The number of ether oxygens (including phenoxy) is 1. The van der Waals surface area contributed by atoms with E-state index in [1.807, 2.05) is 42.5 Å². The molecule has 1 aromatic heterocycles.